The van der Waals surface area contributed by atoms with E-state index in [1.54, 1.807) is 0 Å². The number of piperidine rings is 2. The molecular formula is C9H12N2. The lowest BCUT2D eigenvalue weighted by Gasteiger charge is -2.27. The molecule has 3 rings (SSSR count). The lowest BCUT2D eigenvalue weighted by Crippen LogP contribution is -2.41. The highest BCUT2D eigenvalue weighted by molar-refractivity contribution is 5.14. The molecule has 0 aromatic carbocycles. The number of nitrogens with one attached hydrogen (secondary N) is 1. The highest BCUT2D eigenvalue weighted by Crippen LogP contribution is 2.54. The third-order valence-electron chi connectivity index (χ3n) is 3.61. The molecule has 2 nitrogen and oxygen atoms in total. The molecule has 58 valence electrons. The van der Waals surface area contributed by atoms with Crippen LogP contribution in [0.5, 0.6) is 0 Å². The third kappa shape index (κ3) is 0.696. The first kappa shape index (κ1) is 6.02. The predicted octanol–water partition coefficient (Wildman–Crippen LogP) is 0.896. The summed E-state index contributed by atoms with van der Waals surface area (Å²) in [5, 5.41) is 12.4. The average Bonchev–Trinajstić information content (AvgIpc) is 2.78. The van der Waals surface area contributed by atoms with E-state index in [0.717, 1.165) is 24.7 Å². The summed E-state index contributed by atoms with van der Waals surface area (Å²) in [5.41, 5.74) is 0. The van der Waals surface area contributed by atoms with Gasteiger partial charge in [0.15, 0.2) is 0 Å². The van der Waals surface area contributed by atoms with Gasteiger partial charge < -0.3 is 5.32 Å². The summed E-state index contributed by atoms with van der Waals surface area (Å²) in [7, 11) is 0. The van der Waals surface area contributed by atoms with E-state index in [9.17, 15) is 0 Å². The van der Waals surface area contributed by atoms with E-state index in [1.807, 2.05) is 0 Å². The topological polar surface area (TPSA) is 35.8 Å². The molecule has 1 N–H and O–H groups in total. The highest BCUT2D eigenvalue weighted by Gasteiger charge is 2.56. The van der Waals surface area contributed by atoms with Crippen LogP contribution in [-0.2, 0) is 0 Å². The standard InChI is InChI=1S/C9H12N2/c10-4-5-1-8-6-3-7(6)9(2-5)11-8/h5-9,11H,1-3H2/t5?,6-,7+,8?,9?. The quantitative estimate of drug-likeness (QED) is 0.554. The maximum atomic E-state index is 8.78. The van der Waals surface area contributed by atoms with Gasteiger partial charge in [-0.3, -0.25) is 0 Å². The second-order valence-electron chi connectivity index (χ2n) is 4.24. The molecule has 2 aliphatic heterocycles. The number of nitriles is 1. The minimum atomic E-state index is 0.360. The summed E-state index contributed by atoms with van der Waals surface area (Å²) < 4.78 is 0. The summed E-state index contributed by atoms with van der Waals surface area (Å²) in [6.45, 7) is 0. The van der Waals surface area contributed by atoms with Crippen LogP contribution >= 0.6 is 0 Å². The number of hydrogen-bond acceptors (Lipinski definition) is 2. The summed E-state index contributed by atoms with van der Waals surface area (Å²) in [5.74, 6) is 2.27. The molecule has 0 aromatic rings. The van der Waals surface area contributed by atoms with Crippen LogP contribution in [0.4, 0.5) is 0 Å². The first-order chi connectivity index (χ1) is 5.38. The number of rotatable bonds is 0. The van der Waals surface area contributed by atoms with Gasteiger partial charge in [0.2, 0.25) is 0 Å². The van der Waals surface area contributed by atoms with Gasteiger partial charge >= 0.3 is 0 Å². The fourth-order valence-corrected chi connectivity index (χ4v) is 2.98. The third-order valence-corrected chi connectivity index (χ3v) is 3.61. The fraction of sp³-hybridized carbons (Fsp3) is 0.889. The van der Waals surface area contributed by atoms with Crippen molar-refractivity contribution in [3.63, 3.8) is 0 Å². The van der Waals surface area contributed by atoms with Crippen molar-refractivity contribution in [2.24, 2.45) is 17.8 Å². The molecule has 2 saturated heterocycles. The minimum absolute atomic E-state index is 0.360. The minimum Gasteiger partial charge on any atom is -0.311 e. The Morgan fingerprint density at radius 2 is 1.73 bits per heavy atom. The van der Waals surface area contributed by atoms with Gasteiger partial charge in [-0.25, -0.2) is 0 Å². The van der Waals surface area contributed by atoms with Gasteiger partial charge in [0.1, 0.15) is 0 Å². The fourth-order valence-electron chi connectivity index (χ4n) is 2.98. The van der Waals surface area contributed by atoms with Crippen molar-refractivity contribution in [2.45, 2.75) is 31.3 Å². The Bertz CT molecular complexity index is 214. The van der Waals surface area contributed by atoms with Crippen molar-refractivity contribution in [3.8, 4) is 6.07 Å². The van der Waals surface area contributed by atoms with Crippen molar-refractivity contribution in [1.82, 2.24) is 5.32 Å². The van der Waals surface area contributed by atoms with Gasteiger partial charge in [-0.15, -0.1) is 0 Å². The Balaban J connectivity index is 1.84. The Morgan fingerprint density at radius 1 is 1.09 bits per heavy atom. The highest BCUT2D eigenvalue weighted by atomic mass is 15.1. The molecule has 2 bridgehead atoms. The zero-order valence-corrected chi connectivity index (χ0v) is 6.46. The van der Waals surface area contributed by atoms with Gasteiger partial charge in [0, 0.05) is 18.0 Å². The summed E-state index contributed by atoms with van der Waals surface area (Å²) >= 11 is 0. The van der Waals surface area contributed by atoms with Crippen molar-refractivity contribution < 1.29 is 0 Å². The van der Waals surface area contributed by atoms with Crippen molar-refractivity contribution in [3.05, 3.63) is 0 Å². The summed E-state index contributed by atoms with van der Waals surface area (Å²) in [6.07, 6.45) is 3.68. The lowest BCUT2D eigenvalue weighted by atomic mass is 9.91. The van der Waals surface area contributed by atoms with Crippen LogP contribution < -0.4 is 5.32 Å². The molecule has 1 aliphatic carbocycles. The van der Waals surface area contributed by atoms with Crippen LogP contribution in [-0.4, -0.2) is 12.1 Å². The zero-order chi connectivity index (χ0) is 7.42. The molecule has 5 atom stereocenters. The van der Waals surface area contributed by atoms with Crippen molar-refractivity contribution >= 4 is 0 Å². The van der Waals surface area contributed by atoms with E-state index in [-0.39, 0.29) is 0 Å². The van der Waals surface area contributed by atoms with Crippen LogP contribution in [0.1, 0.15) is 19.3 Å². The maximum Gasteiger partial charge on any atom is 0.0657 e. The zero-order valence-electron chi connectivity index (χ0n) is 6.46. The largest absolute Gasteiger partial charge is 0.311 e. The Hall–Kier alpha value is -0.550. The Morgan fingerprint density at radius 3 is 2.27 bits per heavy atom. The molecule has 0 amide bonds. The smallest absolute Gasteiger partial charge is 0.0657 e. The van der Waals surface area contributed by atoms with Crippen LogP contribution in [0.2, 0.25) is 0 Å². The normalized spacial score (nSPS) is 58.3. The van der Waals surface area contributed by atoms with E-state index < -0.39 is 0 Å². The van der Waals surface area contributed by atoms with E-state index in [1.165, 1.54) is 6.42 Å². The molecule has 0 aromatic heterocycles. The second-order valence-corrected chi connectivity index (χ2v) is 4.24. The SMILES string of the molecule is N#CC1CC2NC(C1)[C@@H]1C[C@H]21. The molecular weight excluding hydrogens is 136 g/mol. The molecule has 3 fully saturated rings. The second kappa shape index (κ2) is 1.78. The van der Waals surface area contributed by atoms with Crippen LogP contribution in [0, 0.1) is 29.1 Å². The van der Waals surface area contributed by atoms with E-state index in [4.69, 9.17) is 5.26 Å². The van der Waals surface area contributed by atoms with Gasteiger partial charge in [-0.05, 0) is 31.1 Å². The number of hydrogen-bond donors (Lipinski definition) is 1. The van der Waals surface area contributed by atoms with Crippen LogP contribution in [0.15, 0.2) is 0 Å². The predicted molar refractivity (Wildman–Crippen MR) is 40.6 cm³/mol. The van der Waals surface area contributed by atoms with Crippen LogP contribution in [0.3, 0.4) is 0 Å². The molecule has 1 saturated carbocycles. The number of fused-ring (bicyclic) bond motifs is 5. The lowest BCUT2D eigenvalue weighted by molar-refractivity contribution is 0.306. The molecule has 2 heterocycles. The summed E-state index contributed by atoms with van der Waals surface area (Å²) in [6, 6.07) is 3.83. The first-order valence-electron chi connectivity index (χ1n) is 4.54. The molecule has 11 heavy (non-hydrogen) atoms. The monoisotopic (exact) mass is 148 g/mol. The Kier molecular flexibility index (Phi) is 0.976. The molecule has 2 heteroatoms. The summed E-state index contributed by atoms with van der Waals surface area (Å²) in [4.78, 5) is 0. The first-order valence-corrected chi connectivity index (χ1v) is 4.54. The van der Waals surface area contributed by atoms with Gasteiger partial charge in [-0.1, -0.05) is 0 Å². The van der Waals surface area contributed by atoms with E-state index in [0.29, 0.717) is 18.0 Å². The van der Waals surface area contributed by atoms with Crippen LogP contribution in [0.25, 0.3) is 0 Å². The van der Waals surface area contributed by atoms with Crippen molar-refractivity contribution in [2.75, 3.05) is 0 Å². The van der Waals surface area contributed by atoms with E-state index >= 15 is 0 Å². The molecule has 0 radical (unpaired) electrons. The van der Waals surface area contributed by atoms with Gasteiger partial charge in [-0.2, -0.15) is 5.26 Å². The average molecular weight is 148 g/mol. The molecule has 3 aliphatic rings. The molecule has 0 spiro atoms. The molecule has 3 unspecified atom stereocenters. The maximum absolute atomic E-state index is 8.78. The number of nitrogens with zero attached hydrogens (tertiary/aromatic N) is 1. The Labute approximate surface area is 66.6 Å². The van der Waals surface area contributed by atoms with E-state index in [2.05, 4.69) is 11.4 Å². The van der Waals surface area contributed by atoms with Gasteiger partial charge in [0.05, 0.1) is 6.07 Å². The van der Waals surface area contributed by atoms with Gasteiger partial charge in [0.25, 0.3) is 0 Å². The van der Waals surface area contributed by atoms with Crippen molar-refractivity contribution in [1.29, 1.82) is 5.26 Å².